The number of benzene rings is 3. The average molecular weight is 557 g/mol. The van der Waals surface area contributed by atoms with Crippen molar-refractivity contribution in [2.75, 3.05) is 32.7 Å². The zero-order valence-corrected chi connectivity index (χ0v) is 21.7. The summed E-state index contributed by atoms with van der Waals surface area (Å²) >= 11 is 12.1. The first-order valence-corrected chi connectivity index (χ1v) is 12.7. The summed E-state index contributed by atoms with van der Waals surface area (Å²) in [6.07, 6.45) is 0. The Kier molecular flexibility index (Phi) is 9.38. The monoisotopic (exact) mass is 556 g/mol. The van der Waals surface area contributed by atoms with Gasteiger partial charge in [-0.1, -0.05) is 29.3 Å². The molecular weight excluding hydrogens is 534 g/mol. The van der Waals surface area contributed by atoms with Gasteiger partial charge in [0, 0.05) is 25.2 Å². The van der Waals surface area contributed by atoms with Crippen LogP contribution in [-0.4, -0.2) is 46.7 Å². The van der Waals surface area contributed by atoms with Gasteiger partial charge in [-0.3, -0.25) is 0 Å². The molecule has 0 saturated heterocycles. The van der Waals surface area contributed by atoms with E-state index < -0.39 is 22.0 Å². The van der Waals surface area contributed by atoms with Crippen molar-refractivity contribution in [1.82, 2.24) is 4.90 Å². The molecule has 0 aliphatic carbocycles. The van der Waals surface area contributed by atoms with Crippen LogP contribution in [0.3, 0.4) is 0 Å². The maximum Gasteiger partial charge on any atom is 0.339 e. The second-order valence-electron chi connectivity index (χ2n) is 7.45. The van der Waals surface area contributed by atoms with Gasteiger partial charge in [-0.15, -0.1) is 0 Å². The summed E-state index contributed by atoms with van der Waals surface area (Å²) < 4.78 is 54.3. The number of ether oxygens (including phenoxy) is 2. The molecule has 3 aromatic carbocycles. The molecule has 36 heavy (non-hydrogen) atoms. The van der Waals surface area contributed by atoms with Gasteiger partial charge < -0.3 is 23.9 Å². The zero-order chi connectivity index (χ0) is 26.3. The minimum atomic E-state index is -4.27. The molecule has 0 unspecified atom stereocenters. The highest BCUT2D eigenvalue weighted by atomic mass is 35.5. The van der Waals surface area contributed by atoms with E-state index in [1.165, 1.54) is 37.3 Å². The number of urea groups is 1. The number of methoxy groups -OCH3 is 2. The molecule has 0 heterocycles. The molecule has 0 radical (unpaired) electrons. The Hall–Kier alpha value is -3.05. The van der Waals surface area contributed by atoms with E-state index >= 15 is 0 Å². The van der Waals surface area contributed by atoms with Crippen molar-refractivity contribution in [2.45, 2.75) is 11.4 Å². The normalized spacial score (nSPS) is 11.1. The van der Waals surface area contributed by atoms with Crippen LogP contribution < -0.4 is 14.2 Å². The van der Waals surface area contributed by atoms with E-state index in [-0.39, 0.29) is 41.1 Å². The molecule has 0 aromatic heterocycles. The van der Waals surface area contributed by atoms with Gasteiger partial charge >= 0.3 is 16.1 Å². The van der Waals surface area contributed by atoms with Gasteiger partial charge in [0.1, 0.15) is 10.7 Å². The van der Waals surface area contributed by atoms with Crippen molar-refractivity contribution in [3.05, 3.63) is 82.1 Å². The maximum atomic E-state index is 13.2. The molecule has 2 amide bonds. The largest absolute Gasteiger partial charge is 0.493 e. The van der Waals surface area contributed by atoms with Gasteiger partial charge in [-0.2, -0.15) is 8.42 Å². The van der Waals surface area contributed by atoms with Crippen molar-refractivity contribution in [3.8, 4) is 11.5 Å². The van der Waals surface area contributed by atoms with Gasteiger partial charge in [0.25, 0.3) is 0 Å². The lowest BCUT2D eigenvalue weighted by Gasteiger charge is -2.24. The van der Waals surface area contributed by atoms with Gasteiger partial charge in [0.05, 0.1) is 24.4 Å². The Bertz CT molecular complexity index is 1320. The summed E-state index contributed by atoms with van der Waals surface area (Å²) in [5.41, 5.74) is 0.922. The lowest BCUT2D eigenvalue weighted by atomic mass is 10.2. The number of anilines is 1. The second-order valence-corrected chi connectivity index (χ2v) is 9.84. The minimum Gasteiger partial charge on any atom is -0.493 e. The fourth-order valence-electron chi connectivity index (χ4n) is 3.11. The molecule has 0 bridgehead atoms. The van der Waals surface area contributed by atoms with Crippen LogP contribution in [0.25, 0.3) is 0 Å². The number of rotatable bonds is 10. The van der Waals surface area contributed by atoms with E-state index in [1.54, 1.807) is 18.2 Å². The first kappa shape index (κ1) is 27.5. The van der Waals surface area contributed by atoms with Crippen LogP contribution in [0, 0.1) is 5.82 Å². The molecule has 1 N–H and O–H groups in total. The van der Waals surface area contributed by atoms with Gasteiger partial charge in [-0.25, -0.2) is 9.18 Å². The molecule has 12 heteroatoms. The van der Waals surface area contributed by atoms with Crippen LogP contribution >= 0.6 is 23.2 Å². The fourth-order valence-corrected chi connectivity index (χ4v) is 4.50. The number of carbonyl (C=O) groups is 1. The van der Waals surface area contributed by atoms with Crippen molar-refractivity contribution < 1.29 is 31.3 Å². The first-order chi connectivity index (χ1) is 17.1. The Balaban J connectivity index is 1.84. The Morgan fingerprint density at radius 1 is 1.00 bits per heavy atom. The van der Waals surface area contributed by atoms with E-state index in [0.717, 1.165) is 24.3 Å². The number of nitrogens with one attached hydrogen (secondary N) is 1. The van der Waals surface area contributed by atoms with Crippen LogP contribution in [0.15, 0.2) is 65.6 Å². The van der Waals surface area contributed by atoms with E-state index in [0.29, 0.717) is 16.3 Å². The molecule has 8 nitrogen and oxygen atoms in total. The van der Waals surface area contributed by atoms with E-state index in [2.05, 4.69) is 5.32 Å². The maximum absolute atomic E-state index is 13.2. The van der Waals surface area contributed by atoms with Crippen LogP contribution in [0.1, 0.15) is 5.56 Å². The number of nitrogens with zero attached hydrogens (tertiary/aromatic N) is 1. The number of carbonyl (C=O) groups excluding carboxylic acids is 1. The molecule has 0 saturated carbocycles. The number of halogens is 3. The van der Waals surface area contributed by atoms with Crippen molar-refractivity contribution in [1.29, 1.82) is 0 Å². The summed E-state index contributed by atoms with van der Waals surface area (Å²) in [6, 6.07) is 13.1. The fraction of sp³-hybridized carbons (Fsp3) is 0.208. The van der Waals surface area contributed by atoms with Crippen LogP contribution in [0.2, 0.25) is 10.0 Å². The highest BCUT2D eigenvalue weighted by molar-refractivity contribution is 7.87. The smallest absolute Gasteiger partial charge is 0.339 e. The molecular formula is C24H23Cl2FN2O6S. The van der Waals surface area contributed by atoms with E-state index in [4.69, 9.17) is 36.9 Å². The lowest BCUT2D eigenvalue weighted by Crippen LogP contribution is -2.37. The molecule has 3 aromatic rings. The summed E-state index contributed by atoms with van der Waals surface area (Å²) in [6.45, 7) is 0.557. The predicted octanol–water partition coefficient (Wildman–Crippen LogP) is 5.59. The Labute approximate surface area is 218 Å². The Morgan fingerprint density at radius 3 is 2.36 bits per heavy atom. The highest BCUT2D eigenvalue weighted by Gasteiger charge is 2.21. The Morgan fingerprint density at radius 2 is 1.72 bits per heavy atom. The molecule has 0 aliphatic rings. The van der Waals surface area contributed by atoms with Gasteiger partial charge in [-0.05, 0) is 60.2 Å². The summed E-state index contributed by atoms with van der Waals surface area (Å²) in [7, 11) is -1.41. The van der Waals surface area contributed by atoms with Crippen molar-refractivity contribution in [2.24, 2.45) is 0 Å². The third-order valence-corrected chi connectivity index (χ3v) is 6.72. The zero-order valence-electron chi connectivity index (χ0n) is 19.3. The van der Waals surface area contributed by atoms with E-state index in [1.807, 2.05) is 0 Å². The molecule has 0 spiro atoms. The van der Waals surface area contributed by atoms with E-state index in [9.17, 15) is 17.6 Å². The number of hydrogen-bond acceptors (Lipinski definition) is 6. The first-order valence-electron chi connectivity index (χ1n) is 10.5. The van der Waals surface area contributed by atoms with Crippen LogP contribution in [-0.2, 0) is 21.4 Å². The molecule has 0 fully saturated rings. The predicted molar refractivity (Wildman–Crippen MR) is 135 cm³/mol. The van der Waals surface area contributed by atoms with Gasteiger partial charge in [0.2, 0.25) is 0 Å². The molecule has 0 atom stereocenters. The highest BCUT2D eigenvalue weighted by Crippen LogP contribution is 2.32. The van der Waals surface area contributed by atoms with Gasteiger partial charge in [0.15, 0.2) is 11.5 Å². The SMILES string of the molecule is COCCN(Cc1ccc(OC)c(OS(=O)(=O)c2ccc(F)cc2)c1)C(=O)Nc1ccc(Cl)cc1Cl. The summed E-state index contributed by atoms with van der Waals surface area (Å²) in [5, 5.41) is 3.42. The molecule has 0 aliphatic heterocycles. The minimum absolute atomic E-state index is 0.0807. The number of hydrogen-bond donors (Lipinski definition) is 1. The third-order valence-electron chi connectivity index (χ3n) is 4.93. The summed E-state index contributed by atoms with van der Waals surface area (Å²) in [5.74, 6) is -0.514. The van der Waals surface area contributed by atoms with Crippen LogP contribution in [0.5, 0.6) is 11.5 Å². The quantitative estimate of drug-likeness (QED) is 0.327. The average Bonchev–Trinajstić information content (AvgIpc) is 2.83. The third kappa shape index (κ3) is 7.23. The van der Waals surface area contributed by atoms with Crippen molar-refractivity contribution >= 4 is 45.0 Å². The summed E-state index contributed by atoms with van der Waals surface area (Å²) in [4.78, 5) is 14.2. The standard InChI is InChI=1S/C24H23Cl2FN2O6S/c1-33-12-11-29(24(30)28-21-9-4-17(25)14-20(21)26)15-16-3-10-22(34-2)23(13-16)35-36(31,32)19-7-5-18(27)6-8-19/h3-10,13-14H,11-12,15H2,1-2H3,(H,28,30). The lowest BCUT2D eigenvalue weighted by molar-refractivity contribution is 0.153. The topological polar surface area (TPSA) is 94.2 Å². The van der Waals surface area contributed by atoms with Crippen molar-refractivity contribution in [3.63, 3.8) is 0 Å². The molecule has 192 valence electrons. The number of amides is 2. The second kappa shape index (κ2) is 12.3. The van der Waals surface area contributed by atoms with Crippen LogP contribution in [0.4, 0.5) is 14.9 Å². The molecule has 3 rings (SSSR count).